The molecule has 0 saturated carbocycles. The molecule has 1 aromatic rings. The third-order valence-corrected chi connectivity index (χ3v) is 2.10. The smallest absolute Gasteiger partial charge is 0.412 e. The summed E-state index contributed by atoms with van der Waals surface area (Å²) in [7, 11) is 0. The SMILES string of the molecule is CC(C)[C@H](OC(=O)Nc1ccccc1)C(=O)O. The van der Waals surface area contributed by atoms with Gasteiger partial charge in [0.15, 0.2) is 0 Å². The molecule has 1 rings (SSSR count). The Balaban J connectivity index is 2.57. The molecule has 0 heterocycles. The van der Waals surface area contributed by atoms with Gasteiger partial charge in [0.1, 0.15) is 0 Å². The van der Waals surface area contributed by atoms with E-state index < -0.39 is 18.2 Å². The zero-order valence-corrected chi connectivity index (χ0v) is 9.71. The van der Waals surface area contributed by atoms with E-state index in [1.807, 2.05) is 6.07 Å². The zero-order chi connectivity index (χ0) is 12.8. The number of benzene rings is 1. The number of carbonyl (C=O) groups is 2. The van der Waals surface area contributed by atoms with E-state index in [-0.39, 0.29) is 5.92 Å². The summed E-state index contributed by atoms with van der Waals surface area (Å²) in [4.78, 5) is 22.3. The number of anilines is 1. The van der Waals surface area contributed by atoms with E-state index in [9.17, 15) is 9.59 Å². The first-order chi connectivity index (χ1) is 8.00. The van der Waals surface area contributed by atoms with Crippen molar-refractivity contribution in [3.05, 3.63) is 30.3 Å². The number of hydrogen-bond donors (Lipinski definition) is 2. The largest absolute Gasteiger partial charge is 0.478 e. The molecule has 5 nitrogen and oxygen atoms in total. The Kier molecular flexibility index (Phi) is 4.51. The summed E-state index contributed by atoms with van der Waals surface area (Å²) in [6.45, 7) is 3.35. The molecule has 0 aliphatic carbocycles. The Bertz CT molecular complexity index is 389. The molecule has 0 radical (unpaired) electrons. The van der Waals surface area contributed by atoms with Gasteiger partial charge in [0.05, 0.1) is 0 Å². The van der Waals surface area contributed by atoms with Crippen molar-refractivity contribution in [3.63, 3.8) is 0 Å². The molecule has 0 aliphatic rings. The number of amides is 1. The maximum Gasteiger partial charge on any atom is 0.412 e. The summed E-state index contributed by atoms with van der Waals surface area (Å²) in [5, 5.41) is 11.3. The lowest BCUT2D eigenvalue weighted by molar-refractivity contribution is -0.148. The maximum absolute atomic E-state index is 11.4. The second-order valence-electron chi connectivity index (χ2n) is 3.90. The normalized spacial score (nSPS) is 11.9. The van der Waals surface area contributed by atoms with Crippen LogP contribution in [0.25, 0.3) is 0 Å². The van der Waals surface area contributed by atoms with Crippen molar-refractivity contribution in [2.45, 2.75) is 20.0 Å². The third kappa shape index (κ3) is 4.14. The molecule has 0 fully saturated rings. The van der Waals surface area contributed by atoms with E-state index >= 15 is 0 Å². The Morgan fingerprint density at radius 1 is 1.24 bits per heavy atom. The molecular formula is C12H15NO4. The fourth-order valence-corrected chi connectivity index (χ4v) is 1.26. The van der Waals surface area contributed by atoms with Gasteiger partial charge in [-0.15, -0.1) is 0 Å². The van der Waals surface area contributed by atoms with E-state index in [2.05, 4.69) is 5.32 Å². The number of aliphatic carboxylic acids is 1. The maximum atomic E-state index is 11.4. The summed E-state index contributed by atoms with van der Waals surface area (Å²) >= 11 is 0. The van der Waals surface area contributed by atoms with Crippen molar-refractivity contribution >= 4 is 17.7 Å². The van der Waals surface area contributed by atoms with Crippen LogP contribution in [0.5, 0.6) is 0 Å². The highest BCUT2D eigenvalue weighted by Crippen LogP contribution is 2.10. The quantitative estimate of drug-likeness (QED) is 0.842. The molecule has 1 aromatic carbocycles. The number of nitrogens with one attached hydrogen (secondary N) is 1. The molecule has 0 aromatic heterocycles. The van der Waals surface area contributed by atoms with Crippen LogP contribution >= 0.6 is 0 Å². The molecule has 92 valence electrons. The van der Waals surface area contributed by atoms with Crippen LogP contribution in [0, 0.1) is 5.92 Å². The molecule has 0 bridgehead atoms. The van der Waals surface area contributed by atoms with Gasteiger partial charge in [-0.3, -0.25) is 5.32 Å². The molecule has 2 N–H and O–H groups in total. The highest BCUT2D eigenvalue weighted by atomic mass is 16.6. The van der Waals surface area contributed by atoms with Crippen molar-refractivity contribution in [2.24, 2.45) is 5.92 Å². The molecule has 0 saturated heterocycles. The van der Waals surface area contributed by atoms with Crippen molar-refractivity contribution < 1.29 is 19.4 Å². The average molecular weight is 237 g/mol. The number of ether oxygens (including phenoxy) is 1. The predicted molar refractivity (Wildman–Crippen MR) is 62.8 cm³/mol. The average Bonchev–Trinajstić information content (AvgIpc) is 2.26. The molecule has 1 amide bonds. The lowest BCUT2D eigenvalue weighted by Gasteiger charge is -2.17. The van der Waals surface area contributed by atoms with E-state index in [1.165, 1.54) is 0 Å². The summed E-state index contributed by atoms with van der Waals surface area (Å²) in [6, 6.07) is 8.70. The highest BCUT2D eigenvalue weighted by Gasteiger charge is 2.25. The topological polar surface area (TPSA) is 75.6 Å². The minimum Gasteiger partial charge on any atom is -0.478 e. The van der Waals surface area contributed by atoms with Gasteiger partial charge in [-0.05, 0) is 12.1 Å². The second-order valence-corrected chi connectivity index (χ2v) is 3.90. The minimum atomic E-state index is -1.15. The van der Waals surface area contributed by atoms with Gasteiger partial charge in [0, 0.05) is 11.6 Å². The van der Waals surface area contributed by atoms with Crippen LogP contribution in [0.1, 0.15) is 13.8 Å². The van der Waals surface area contributed by atoms with Gasteiger partial charge in [0.2, 0.25) is 6.10 Å². The second kappa shape index (κ2) is 5.89. The molecule has 5 heteroatoms. The highest BCUT2D eigenvalue weighted by molar-refractivity contribution is 5.86. The Labute approximate surface area is 99.4 Å². The number of carboxylic acids is 1. The zero-order valence-electron chi connectivity index (χ0n) is 9.71. The Morgan fingerprint density at radius 3 is 2.29 bits per heavy atom. The first-order valence-electron chi connectivity index (χ1n) is 5.26. The molecule has 1 atom stereocenters. The van der Waals surface area contributed by atoms with Crippen LogP contribution in [-0.4, -0.2) is 23.3 Å². The lowest BCUT2D eigenvalue weighted by atomic mass is 10.1. The van der Waals surface area contributed by atoms with Gasteiger partial charge >= 0.3 is 12.1 Å². The molecular weight excluding hydrogens is 222 g/mol. The molecule has 0 spiro atoms. The van der Waals surface area contributed by atoms with Crippen molar-refractivity contribution in [3.8, 4) is 0 Å². The lowest BCUT2D eigenvalue weighted by Crippen LogP contribution is -2.33. The number of carboxylic acid groups (broad SMARTS) is 1. The van der Waals surface area contributed by atoms with Gasteiger partial charge in [-0.1, -0.05) is 32.0 Å². The van der Waals surface area contributed by atoms with Crippen molar-refractivity contribution in [1.29, 1.82) is 0 Å². The molecule has 0 aliphatic heterocycles. The van der Waals surface area contributed by atoms with Crippen LogP contribution < -0.4 is 5.32 Å². The fraction of sp³-hybridized carbons (Fsp3) is 0.333. The standard InChI is InChI=1S/C12H15NO4/c1-8(2)10(11(14)15)17-12(16)13-9-6-4-3-5-7-9/h3-8,10H,1-2H3,(H,13,16)(H,14,15)/t10-/m0/s1. The first kappa shape index (κ1) is 13.0. The number of rotatable bonds is 4. The first-order valence-corrected chi connectivity index (χ1v) is 5.26. The minimum absolute atomic E-state index is 0.283. The van der Waals surface area contributed by atoms with Crippen LogP contribution in [-0.2, 0) is 9.53 Å². The number of para-hydroxylation sites is 1. The van der Waals surface area contributed by atoms with Gasteiger partial charge < -0.3 is 9.84 Å². The van der Waals surface area contributed by atoms with Gasteiger partial charge in [0.25, 0.3) is 0 Å². The van der Waals surface area contributed by atoms with E-state index in [0.29, 0.717) is 5.69 Å². The van der Waals surface area contributed by atoms with E-state index in [0.717, 1.165) is 0 Å². The Hall–Kier alpha value is -2.04. The van der Waals surface area contributed by atoms with Gasteiger partial charge in [-0.2, -0.15) is 0 Å². The number of hydrogen-bond acceptors (Lipinski definition) is 3. The van der Waals surface area contributed by atoms with Crippen molar-refractivity contribution in [1.82, 2.24) is 0 Å². The third-order valence-electron chi connectivity index (χ3n) is 2.10. The monoisotopic (exact) mass is 237 g/mol. The Morgan fingerprint density at radius 2 is 1.82 bits per heavy atom. The molecule has 0 unspecified atom stereocenters. The van der Waals surface area contributed by atoms with Crippen LogP contribution in [0.2, 0.25) is 0 Å². The van der Waals surface area contributed by atoms with Crippen LogP contribution in [0.4, 0.5) is 10.5 Å². The van der Waals surface area contributed by atoms with Crippen LogP contribution in [0.3, 0.4) is 0 Å². The van der Waals surface area contributed by atoms with Crippen molar-refractivity contribution in [2.75, 3.05) is 5.32 Å². The summed E-state index contributed by atoms with van der Waals surface area (Å²) in [5.41, 5.74) is 0.561. The predicted octanol–water partition coefficient (Wildman–Crippen LogP) is 2.34. The molecule has 17 heavy (non-hydrogen) atoms. The van der Waals surface area contributed by atoms with Crippen LogP contribution in [0.15, 0.2) is 30.3 Å². The van der Waals surface area contributed by atoms with E-state index in [1.54, 1.807) is 38.1 Å². The number of carbonyl (C=O) groups excluding carboxylic acids is 1. The van der Waals surface area contributed by atoms with E-state index in [4.69, 9.17) is 9.84 Å². The van der Waals surface area contributed by atoms with Gasteiger partial charge in [-0.25, -0.2) is 9.59 Å². The summed E-state index contributed by atoms with van der Waals surface area (Å²) in [6.07, 6.45) is -1.91. The summed E-state index contributed by atoms with van der Waals surface area (Å²) < 4.78 is 4.83. The fourth-order valence-electron chi connectivity index (χ4n) is 1.26. The summed E-state index contributed by atoms with van der Waals surface area (Å²) in [5.74, 6) is -1.43.